The van der Waals surface area contributed by atoms with Gasteiger partial charge < -0.3 is 5.32 Å². The lowest BCUT2D eigenvalue weighted by molar-refractivity contribution is -0.136. The molecule has 0 bridgehead atoms. The standard InChI is InChI=1S/C15H15N3O2S/c1-11-10-17-15(21-11)18-14(20)13(19)16-9-5-8-12-6-3-2-4-7-12/h2-8,10H,9H2,1H3,(H,16,19)(H,17,18,20). The third-order valence-electron chi connectivity index (χ3n) is 2.54. The molecule has 1 heterocycles. The van der Waals surface area contributed by atoms with E-state index >= 15 is 0 Å². The van der Waals surface area contributed by atoms with Gasteiger partial charge in [-0.1, -0.05) is 42.5 Å². The minimum Gasteiger partial charge on any atom is -0.344 e. The number of benzene rings is 1. The molecule has 0 aliphatic rings. The normalized spacial score (nSPS) is 10.5. The molecule has 0 atom stereocenters. The van der Waals surface area contributed by atoms with Crippen LogP contribution in [0.4, 0.5) is 5.13 Å². The first-order chi connectivity index (χ1) is 10.1. The lowest BCUT2D eigenvalue weighted by Gasteiger charge is -2.01. The number of carbonyl (C=O) groups excluding carboxylic acids is 2. The van der Waals surface area contributed by atoms with Gasteiger partial charge >= 0.3 is 11.8 Å². The van der Waals surface area contributed by atoms with E-state index in [0.29, 0.717) is 5.13 Å². The largest absolute Gasteiger partial charge is 0.344 e. The molecule has 0 radical (unpaired) electrons. The second-order valence-corrected chi connectivity index (χ2v) is 5.49. The van der Waals surface area contributed by atoms with Gasteiger partial charge in [-0.15, -0.1) is 11.3 Å². The number of hydrogen-bond donors (Lipinski definition) is 2. The van der Waals surface area contributed by atoms with E-state index in [-0.39, 0.29) is 6.54 Å². The zero-order chi connectivity index (χ0) is 15.1. The number of thiazole rings is 1. The van der Waals surface area contributed by atoms with Crippen molar-refractivity contribution in [3.8, 4) is 0 Å². The highest BCUT2D eigenvalue weighted by Gasteiger charge is 2.13. The van der Waals surface area contributed by atoms with Crippen molar-refractivity contribution in [3.63, 3.8) is 0 Å². The van der Waals surface area contributed by atoms with E-state index in [2.05, 4.69) is 15.6 Å². The van der Waals surface area contributed by atoms with Gasteiger partial charge in [0.2, 0.25) is 0 Å². The van der Waals surface area contributed by atoms with Gasteiger partial charge in [-0.2, -0.15) is 0 Å². The zero-order valence-electron chi connectivity index (χ0n) is 11.5. The quantitative estimate of drug-likeness (QED) is 0.851. The number of hydrogen-bond acceptors (Lipinski definition) is 4. The van der Waals surface area contributed by atoms with Crippen molar-refractivity contribution < 1.29 is 9.59 Å². The summed E-state index contributed by atoms with van der Waals surface area (Å²) >= 11 is 1.32. The Labute approximate surface area is 126 Å². The van der Waals surface area contributed by atoms with Crippen LogP contribution in [0.25, 0.3) is 6.08 Å². The van der Waals surface area contributed by atoms with E-state index in [1.807, 2.05) is 43.3 Å². The lowest BCUT2D eigenvalue weighted by atomic mass is 10.2. The van der Waals surface area contributed by atoms with Gasteiger partial charge in [0.05, 0.1) is 0 Å². The number of anilines is 1. The van der Waals surface area contributed by atoms with Crippen LogP contribution in [0.15, 0.2) is 42.6 Å². The average Bonchev–Trinajstić information content (AvgIpc) is 2.89. The number of nitrogens with one attached hydrogen (secondary N) is 2. The van der Waals surface area contributed by atoms with Crippen LogP contribution in [0, 0.1) is 6.92 Å². The molecule has 0 aliphatic heterocycles. The Morgan fingerprint density at radius 2 is 2.00 bits per heavy atom. The van der Waals surface area contributed by atoms with Crippen molar-refractivity contribution in [1.29, 1.82) is 0 Å². The molecule has 0 saturated heterocycles. The number of carbonyl (C=O) groups is 2. The Kier molecular flexibility index (Phi) is 5.22. The monoisotopic (exact) mass is 301 g/mol. The van der Waals surface area contributed by atoms with Crippen molar-refractivity contribution in [2.24, 2.45) is 0 Å². The van der Waals surface area contributed by atoms with Crippen LogP contribution in [0.5, 0.6) is 0 Å². The summed E-state index contributed by atoms with van der Waals surface area (Å²) in [5.74, 6) is -1.39. The molecule has 0 fully saturated rings. The van der Waals surface area contributed by atoms with Gasteiger partial charge in [-0.25, -0.2) is 4.98 Å². The SMILES string of the molecule is Cc1cnc(NC(=O)C(=O)NCC=Cc2ccccc2)s1. The molecule has 2 amide bonds. The fraction of sp³-hybridized carbons (Fsp3) is 0.133. The third-order valence-corrected chi connectivity index (χ3v) is 3.37. The van der Waals surface area contributed by atoms with Crippen LogP contribution < -0.4 is 10.6 Å². The molecule has 21 heavy (non-hydrogen) atoms. The molecule has 2 rings (SSSR count). The molecule has 1 aromatic carbocycles. The summed E-state index contributed by atoms with van der Waals surface area (Å²) in [6, 6.07) is 9.71. The summed E-state index contributed by atoms with van der Waals surface area (Å²) in [5, 5.41) is 5.40. The molecule has 6 heteroatoms. The highest BCUT2D eigenvalue weighted by Crippen LogP contribution is 2.15. The number of rotatable bonds is 4. The van der Waals surface area contributed by atoms with Crippen molar-refractivity contribution in [2.75, 3.05) is 11.9 Å². The van der Waals surface area contributed by atoms with Crippen LogP contribution in [0.1, 0.15) is 10.4 Å². The fourth-order valence-corrected chi connectivity index (χ4v) is 2.22. The summed E-state index contributed by atoms with van der Waals surface area (Å²) in [7, 11) is 0. The summed E-state index contributed by atoms with van der Waals surface area (Å²) in [5.41, 5.74) is 1.04. The van der Waals surface area contributed by atoms with Crippen LogP contribution in [-0.2, 0) is 9.59 Å². The smallest absolute Gasteiger partial charge is 0.315 e. The Morgan fingerprint density at radius 1 is 1.24 bits per heavy atom. The molecule has 2 aromatic rings. The second-order valence-electron chi connectivity index (χ2n) is 4.25. The van der Waals surface area contributed by atoms with Gasteiger partial charge in [0.1, 0.15) is 0 Å². The number of amides is 2. The number of aromatic nitrogens is 1. The molecule has 0 spiro atoms. The lowest BCUT2D eigenvalue weighted by Crippen LogP contribution is -2.35. The Balaban J connectivity index is 1.76. The molecule has 2 N–H and O–H groups in total. The molecule has 5 nitrogen and oxygen atoms in total. The predicted octanol–water partition coefficient (Wildman–Crippen LogP) is 2.22. The van der Waals surface area contributed by atoms with Gasteiger partial charge in [-0.05, 0) is 12.5 Å². The fourth-order valence-electron chi connectivity index (χ4n) is 1.56. The van der Waals surface area contributed by atoms with E-state index in [0.717, 1.165) is 10.4 Å². The van der Waals surface area contributed by atoms with E-state index in [1.165, 1.54) is 11.3 Å². The molecule has 108 valence electrons. The molecular formula is C15H15N3O2S. The van der Waals surface area contributed by atoms with Crippen molar-refractivity contribution in [3.05, 3.63) is 53.0 Å². The predicted molar refractivity (Wildman–Crippen MR) is 84.0 cm³/mol. The molecule has 0 aliphatic carbocycles. The maximum absolute atomic E-state index is 11.6. The minimum atomic E-state index is -0.711. The zero-order valence-corrected chi connectivity index (χ0v) is 12.3. The maximum atomic E-state index is 11.6. The Morgan fingerprint density at radius 3 is 2.67 bits per heavy atom. The maximum Gasteiger partial charge on any atom is 0.315 e. The van der Waals surface area contributed by atoms with E-state index < -0.39 is 11.8 Å². The summed E-state index contributed by atoms with van der Waals surface area (Å²) in [6.07, 6.45) is 5.30. The first-order valence-corrected chi connectivity index (χ1v) is 7.20. The third kappa shape index (κ3) is 4.85. The van der Waals surface area contributed by atoms with E-state index in [9.17, 15) is 9.59 Å². The number of aryl methyl sites for hydroxylation is 1. The molecular weight excluding hydrogens is 286 g/mol. The topological polar surface area (TPSA) is 71.1 Å². The van der Waals surface area contributed by atoms with Crippen molar-refractivity contribution >= 4 is 34.4 Å². The van der Waals surface area contributed by atoms with Crippen LogP contribution in [0.3, 0.4) is 0 Å². The highest BCUT2D eigenvalue weighted by molar-refractivity contribution is 7.15. The van der Waals surface area contributed by atoms with Crippen molar-refractivity contribution in [2.45, 2.75) is 6.92 Å². The average molecular weight is 301 g/mol. The Bertz CT molecular complexity index is 650. The second kappa shape index (κ2) is 7.35. The number of nitrogens with zero attached hydrogens (tertiary/aromatic N) is 1. The van der Waals surface area contributed by atoms with Gasteiger partial charge in [0.15, 0.2) is 5.13 Å². The molecule has 0 unspecified atom stereocenters. The summed E-state index contributed by atoms with van der Waals surface area (Å²) in [6.45, 7) is 2.17. The first kappa shape index (κ1) is 14.9. The van der Waals surface area contributed by atoms with Gasteiger partial charge in [-0.3, -0.25) is 14.9 Å². The Hall–Kier alpha value is -2.47. The van der Waals surface area contributed by atoms with Crippen LogP contribution in [-0.4, -0.2) is 23.3 Å². The molecule has 0 saturated carbocycles. The van der Waals surface area contributed by atoms with E-state index in [4.69, 9.17) is 0 Å². The van der Waals surface area contributed by atoms with Gasteiger partial charge in [0, 0.05) is 17.6 Å². The van der Waals surface area contributed by atoms with Crippen LogP contribution >= 0.6 is 11.3 Å². The van der Waals surface area contributed by atoms with Gasteiger partial charge in [0.25, 0.3) is 0 Å². The highest BCUT2D eigenvalue weighted by atomic mass is 32.1. The molecule has 1 aromatic heterocycles. The van der Waals surface area contributed by atoms with Crippen molar-refractivity contribution in [1.82, 2.24) is 10.3 Å². The van der Waals surface area contributed by atoms with Crippen LogP contribution in [0.2, 0.25) is 0 Å². The summed E-state index contributed by atoms with van der Waals surface area (Å²) in [4.78, 5) is 28.1. The minimum absolute atomic E-state index is 0.290. The summed E-state index contributed by atoms with van der Waals surface area (Å²) < 4.78 is 0. The van der Waals surface area contributed by atoms with E-state index in [1.54, 1.807) is 12.3 Å². The first-order valence-electron chi connectivity index (χ1n) is 6.38.